The molecule has 14 heavy (non-hydrogen) atoms. The molecule has 1 N–H and O–H groups in total. The molecule has 0 amide bonds. The summed E-state index contributed by atoms with van der Waals surface area (Å²) in [6, 6.07) is 3.48. The number of halogens is 1. The monoisotopic (exact) mass is 214 g/mol. The zero-order valence-electron chi connectivity index (χ0n) is 8.00. The number of rotatable bonds is 3. The van der Waals surface area contributed by atoms with Crippen molar-refractivity contribution < 1.29 is 14.6 Å². The zero-order valence-corrected chi connectivity index (χ0v) is 8.76. The van der Waals surface area contributed by atoms with Crippen molar-refractivity contribution in [2.75, 3.05) is 6.61 Å². The van der Waals surface area contributed by atoms with Gasteiger partial charge >= 0.3 is 5.97 Å². The summed E-state index contributed by atoms with van der Waals surface area (Å²) < 4.78 is 5.13. The summed E-state index contributed by atoms with van der Waals surface area (Å²) in [7, 11) is 0. The average Bonchev–Trinajstić information content (AvgIpc) is 2.01. The lowest BCUT2D eigenvalue weighted by Gasteiger charge is -2.10. The van der Waals surface area contributed by atoms with Crippen LogP contribution < -0.4 is 4.74 Å². The topological polar surface area (TPSA) is 46.5 Å². The molecular weight excluding hydrogens is 204 g/mol. The molecule has 0 aliphatic heterocycles. The molecule has 1 rings (SSSR count). The normalized spacial score (nSPS) is 9.93. The molecule has 0 fully saturated rings. The molecule has 0 unspecified atom stereocenters. The first-order valence-corrected chi connectivity index (χ1v) is 4.50. The van der Waals surface area contributed by atoms with Crippen molar-refractivity contribution in [3.63, 3.8) is 0 Å². The fraction of sp³-hybridized carbons (Fsp3) is 0.300. The van der Waals surface area contributed by atoms with Crippen LogP contribution >= 0.6 is 11.6 Å². The van der Waals surface area contributed by atoms with Gasteiger partial charge in [-0.05, 0) is 37.1 Å². The highest BCUT2D eigenvalue weighted by Crippen LogP contribution is 2.26. The van der Waals surface area contributed by atoms with Gasteiger partial charge in [-0.3, -0.25) is 0 Å². The molecule has 1 aromatic rings. The summed E-state index contributed by atoms with van der Waals surface area (Å²) in [5.41, 5.74) is 1.69. The molecule has 1 aromatic carbocycles. The summed E-state index contributed by atoms with van der Waals surface area (Å²) in [5.74, 6) is -0.393. The van der Waals surface area contributed by atoms with Gasteiger partial charge in [-0.25, -0.2) is 4.79 Å². The lowest BCUT2D eigenvalue weighted by atomic mass is 10.1. The Bertz CT molecular complexity index is 337. The number of carbonyl (C=O) groups is 1. The maximum atomic E-state index is 10.3. The van der Waals surface area contributed by atoms with E-state index >= 15 is 0 Å². The molecule has 0 heterocycles. The fourth-order valence-electron chi connectivity index (χ4n) is 1.26. The third kappa shape index (κ3) is 2.64. The minimum atomic E-state index is -0.987. The summed E-state index contributed by atoms with van der Waals surface area (Å²) in [5, 5.41) is 9.09. The molecule has 0 aromatic heterocycles. The number of benzene rings is 1. The first-order chi connectivity index (χ1) is 6.50. The van der Waals surface area contributed by atoms with Crippen LogP contribution in [0.4, 0.5) is 0 Å². The van der Waals surface area contributed by atoms with Crippen molar-refractivity contribution in [1.82, 2.24) is 0 Å². The minimum absolute atomic E-state index is 0.330. The third-order valence-electron chi connectivity index (χ3n) is 1.77. The molecule has 0 radical (unpaired) electrons. The van der Waals surface area contributed by atoms with Crippen LogP contribution in [0.5, 0.6) is 5.75 Å². The van der Waals surface area contributed by atoms with Crippen molar-refractivity contribution in [3.8, 4) is 5.75 Å². The molecule has 0 aliphatic rings. The predicted molar refractivity (Wildman–Crippen MR) is 54.1 cm³/mol. The van der Waals surface area contributed by atoms with Crippen molar-refractivity contribution in [2.45, 2.75) is 13.8 Å². The third-order valence-corrected chi connectivity index (χ3v) is 1.98. The molecule has 0 spiro atoms. The quantitative estimate of drug-likeness (QED) is 0.841. The van der Waals surface area contributed by atoms with Crippen LogP contribution in [0.25, 0.3) is 0 Å². The van der Waals surface area contributed by atoms with Gasteiger partial charge in [-0.1, -0.05) is 11.6 Å². The lowest BCUT2D eigenvalue weighted by Crippen LogP contribution is -2.10. The molecule has 0 saturated carbocycles. The Morgan fingerprint density at radius 2 is 1.93 bits per heavy atom. The number of hydrogen-bond donors (Lipinski definition) is 1. The molecule has 3 nitrogen and oxygen atoms in total. The maximum Gasteiger partial charge on any atom is 0.341 e. The van der Waals surface area contributed by atoms with Crippen LogP contribution in [-0.4, -0.2) is 17.7 Å². The van der Waals surface area contributed by atoms with Crippen molar-refractivity contribution in [2.24, 2.45) is 0 Å². The van der Waals surface area contributed by atoms with Crippen LogP contribution in [0.15, 0.2) is 12.1 Å². The van der Waals surface area contributed by atoms with Crippen molar-refractivity contribution >= 4 is 17.6 Å². The zero-order chi connectivity index (χ0) is 10.7. The van der Waals surface area contributed by atoms with E-state index in [1.165, 1.54) is 0 Å². The van der Waals surface area contributed by atoms with Crippen LogP contribution in [0.1, 0.15) is 11.1 Å². The SMILES string of the molecule is Cc1cc(Cl)cc(C)c1OCC(=O)O. The largest absolute Gasteiger partial charge is 0.481 e. The molecule has 0 atom stereocenters. The Morgan fingerprint density at radius 3 is 2.36 bits per heavy atom. The second-order valence-electron chi connectivity index (χ2n) is 3.05. The van der Waals surface area contributed by atoms with E-state index in [-0.39, 0.29) is 6.61 Å². The smallest absolute Gasteiger partial charge is 0.341 e. The highest BCUT2D eigenvalue weighted by atomic mass is 35.5. The van der Waals surface area contributed by atoms with Gasteiger partial charge in [0.05, 0.1) is 0 Å². The van der Waals surface area contributed by atoms with Crippen molar-refractivity contribution in [1.29, 1.82) is 0 Å². The Morgan fingerprint density at radius 1 is 1.43 bits per heavy atom. The van der Waals surface area contributed by atoms with Crippen molar-refractivity contribution in [3.05, 3.63) is 28.3 Å². The average molecular weight is 215 g/mol. The van der Waals surface area contributed by atoms with Gasteiger partial charge < -0.3 is 9.84 Å². The van der Waals surface area contributed by atoms with E-state index in [1.807, 2.05) is 13.8 Å². The van der Waals surface area contributed by atoms with Gasteiger partial charge in [-0.2, -0.15) is 0 Å². The van der Waals surface area contributed by atoms with E-state index in [4.69, 9.17) is 21.4 Å². The highest BCUT2D eigenvalue weighted by molar-refractivity contribution is 6.30. The number of hydrogen-bond acceptors (Lipinski definition) is 2. The minimum Gasteiger partial charge on any atom is -0.481 e. The van der Waals surface area contributed by atoms with Gasteiger partial charge in [-0.15, -0.1) is 0 Å². The van der Waals surface area contributed by atoms with Gasteiger partial charge in [0.15, 0.2) is 6.61 Å². The number of carboxylic acid groups (broad SMARTS) is 1. The molecule has 0 saturated heterocycles. The summed E-state index contributed by atoms with van der Waals surface area (Å²) in [4.78, 5) is 10.3. The van der Waals surface area contributed by atoms with E-state index in [0.717, 1.165) is 11.1 Å². The predicted octanol–water partition coefficient (Wildman–Crippen LogP) is 2.42. The van der Waals surface area contributed by atoms with E-state index in [9.17, 15) is 4.79 Å². The lowest BCUT2D eigenvalue weighted by molar-refractivity contribution is -0.139. The standard InChI is InChI=1S/C10H11ClO3/c1-6-3-8(11)4-7(2)10(6)14-5-9(12)13/h3-4H,5H2,1-2H3,(H,12,13). The molecule has 0 bridgehead atoms. The van der Waals surface area contributed by atoms with Crippen LogP contribution in [0.3, 0.4) is 0 Å². The summed E-state index contributed by atoms with van der Waals surface area (Å²) in [6.45, 7) is 3.33. The molecule has 76 valence electrons. The number of aryl methyl sites for hydroxylation is 2. The highest BCUT2D eigenvalue weighted by Gasteiger charge is 2.07. The van der Waals surface area contributed by atoms with Gasteiger partial charge in [0.2, 0.25) is 0 Å². The number of aliphatic carboxylic acids is 1. The van der Waals surface area contributed by atoms with Gasteiger partial charge in [0.1, 0.15) is 5.75 Å². The second-order valence-corrected chi connectivity index (χ2v) is 3.49. The van der Waals surface area contributed by atoms with Crippen LogP contribution in [0, 0.1) is 13.8 Å². The summed E-state index contributed by atoms with van der Waals surface area (Å²) in [6.07, 6.45) is 0. The first-order valence-electron chi connectivity index (χ1n) is 4.12. The van der Waals surface area contributed by atoms with E-state index in [2.05, 4.69) is 0 Å². The molecular formula is C10H11ClO3. The van der Waals surface area contributed by atoms with E-state index in [0.29, 0.717) is 10.8 Å². The Labute approximate surface area is 87.3 Å². The fourth-order valence-corrected chi connectivity index (χ4v) is 1.59. The van der Waals surface area contributed by atoms with Crippen LogP contribution in [0.2, 0.25) is 5.02 Å². The number of carboxylic acids is 1. The van der Waals surface area contributed by atoms with E-state index in [1.54, 1.807) is 12.1 Å². The Balaban J connectivity index is 2.91. The second kappa shape index (κ2) is 4.33. The Hall–Kier alpha value is -1.22. The number of ether oxygens (including phenoxy) is 1. The van der Waals surface area contributed by atoms with Gasteiger partial charge in [0.25, 0.3) is 0 Å². The maximum absolute atomic E-state index is 10.3. The van der Waals surface area contributed by atoms with Crippen LogP contribution in [-0.2, 0) is 4.79 Å². The first kappa shape index (κ1) is 10.9. The van der Waals surface area contributed by atoms with Gasteiger partial charge in [0, 0.05) is 5.02 Å². The summed E-state index contributed by atoms with van der Waals surface area (Å²) >= 11 is 5.81. The molecule has 0 aliphatic carbocycles. The molecule has 4 heteroatoms. The Kier molecular flexibility index (Phi) is 3.36. The van der Waals surface area contributed by atoms with E-state index < -0.39 is 5.97 Å².